The minimum Gasteiger partial charge on any atom is -0.335 e. The van der Waals surface area contributed by atoms with E-state index in [9.17, 15) is 9.59 Å². The Labute approximate surface area is 194 Å². The number of ketones is 1. The van der Waals surface area contributed by atoms with Crippen LogP contribution >= 0.6 is 0 Å². The number of hydrogen-bond donors (Lipinski definition) is 0. The van der Waals surface area contributed by atoms with Gasteiger partial charge in [0.2, 0.25) is 5.91 Å². The third kappa shape index (κ3) is 5.31. The first-order valence-corrected chi connectivity index (χ1v) is 12.2. The highest BCUT2D eigenvalue weighted by Crippen LogP contribution is 2.37. The van der Waals surface area contributed by atoms with E-state index in [2.05, 4.69) is 84.0 Å². The molecule has 3 nitrogen and oxygen atoms in total. The third-order valence-electron chi connectivity index (χ3n) is 6.83. The summed E-state index contributed by atoms with van der Waals surface area (Å²) >= 11 is 0. The van der Waals surface area contributed by atoms with Crippen LogP contribution in [0.5, 0.6) is 0 Å². The fraction of sp³-hybridized carbons (Fsp3) is 0.517. The van der Waals surface area contributed by atoms with E-state index < -0.39 is 0 Å². The van der Waals surface area contributed by atoms with Crippen molar-refractivity contribution in [2.45, 2.75) is 78.6 Å². The topological polar surface area (TPSA) is 37.4 Å². The molecule has 2 atom stereocenters. The molecule has 0 saturated carbocycles. The van der Waals surface area contributed by atoms with Crippen molar-refractivity contribution in [3.63, 3.8) is 0 Å². The second kappa shape index (κ2) is 10.5. The molecular formula is C29H39NO2. The Kier molecular flexibility index (Phi) is 7.92. The van der Waals surface area contributed by atoms with Crippen molar-refractivity contribution in [1.82, 2.24) is 4.90 Å². The van der Waals surface area contributed by atoms with Crippen LogP contribution in [0.25, 0.3) is 0 Å². The Morgan fingerprint density at radius 3 is 2.12 bits per heavy atom. The van der Waals surface area contributed by atoms with E-state index in [-0.39, 0.29) is 30.1 Å². The van der Waals surface area contributed by atoms with Crippen LogP contribution in [0, 0.1) is 12.8 Å². The fourth-order valence-corrected chi connectivity index (χ4v) is 5.21. The predicted octanol–water partition coefficient (Wildman–Crippen LogP) is 6.40. The first-order valence-electron chi connectivity index (χ1n) is 12.2. The average molecular weight is 434 g/mol. The van der Waals surface area contributed by atoms with Crippen LogP contribution in [0.4, 0.5) is 0 Å². The number of carbonyl (C=O) groups is 2. The summed E-state index contributed by atoms with van der Waals surface area (Å²) in [6, 6.07) is 14.7. The maximum absolute atomic E-state index is 13.4. The molecule has 0 N–H and O–H groups in total. The Morgan fingerprint density at radius 2 is 1.59 bits per heavy atom. The molecule has 2 unspecified atom stereocenters. The number of aryl methyl sites for hydroxylation is 1. The van der Waals surface area contributed by atoms with E-state index >= 15 is 0 Å². The summed E-state index contributed by atoms with van der Waals surface area (Å²) in [7, 11) is 0. The molecule has 0 aromatic heterocycles. The molecule has 32 heavy (non-hydrogen) atoms. The predicted molar refractivity (Wildman–Crippen MR) is 132 cm³/mol. The second-order valence-electron chi connectivity index (χ2n) is 10.1. The van der Waals surface area contributed by atoms with Crippen LogP contribution in [-0.4, -0.2) is 29.7 Å². The van der Waals surface area contributed by atoms with Crippen molar-refractivity contribution in [2.24, 2.45) is 5.92 Å². The molecule has 172 valence electrons. The van der Waals surface area contributed by atoms with Crippen LogP contribution in [0.15, 0.2) is 42.5 Å². The Bertz CT molecular complexity index is 916. The van der Waals surface area contributed by atoms with Crippen molar-refractivity contribution in [1.29, 1.82) is 0 Å². The van der Waals surface area contributed by atoms with Gasteiger partial charge in [-0.25, -0.2) is 0 Å². The van der Waals surface area contributed by atoms with Crippen LogP contribution in [-0.2, 0) is 16.0 Å². The van der Waals surface area contributed by atoms with E-state index in [1.54, 1.807) is 0 Å². The lowest BCUT2D eigenvalue weighted by Gasteiger charge is -2.21. The highest BCUT2D eigenvalue weighted by molar-refractivity contribution is 5.92. The van der Waals surface area contributed by atoms with Crippen LogP contribution in [0.3, 0.4) is 0 Å². The van der Waals surface area contributed by atoms with Crippen LogP contribution < -0.4 is 0 Å². The Hall–Kier alpha value is -2.42. The molecule has 0 spiro atoms. The molecule has 1 aliphatic heterocycles. The van der Waals surface area contributed by atoms with Gasteiger partial charge in [0, 0.05) is 13.0 Å². The molecule has 0 bridgehead atoms. The van der Waals surface area contributed by atoms with Crippen molar-refractivity contribution in [3.05, 3.63) is 70.3 Å². The van der Waals surface area contributed by atoms with Gasteiger partial charge >= 0.3 is 0 Å². The molecule has 2 aromatic carbocycles. The quantitative estimate of drug-likeness (QED) is 0.459. The number of benzene rings is 2. The number of likely N-dealkylation sites (tertiary alicyclic amines) is 1. The lowest BCUT2D eigenvalue weighted by atomic mass is 9.85. The standard InChI is InChI=1S/C29H39NO2/c1-7-9-23-17-30(29(32)28(23)22-14-12-21(6)13-15-22)18-24(31)16-27-25(19(2)3)10-8-11-26(27)20(4)5/h8,10-15,19-20,23,28H,7,9,16-18H2,1-6H3. The van der Waals surface area contributed by atoms with Crippen LogP contribution in [0.2, 0.25) is 0 Å². The number of rotatable bonds is 9. The summed E-state index contributed by atoms with van der Waals surface area (Å²) < 4.78 is 0. The molecule has 1 amide bonds. The second-order valence-corrected chi connectivity index (χ2v) is 10.1. The summed E-state index contributed by atoms with van der Waals surface area (Å²) in [5, 5.41) is 0. The highest BCUT2D eigenvalue weighted by atomic mass is 16.2. The third-order valence-corrected chi connectivity index (χ3v) is 6.83. The minimum atomic E-state index is -0.127. The lowest BCUT2D eigenvalue weighted by molar-refractivity contribution is -0.133. The van der Waals surface area contributed by atoms with E-state index in [0.29, 0.717) is 24.8 Å². The molecule has 1 heterocycles. The number of carbonyl (C=O) groups excluding carboxylic acids is 2. The largest absolute Gasteiger partial charge is 0.335 e. The zero-order valence-electron chi connectivity index (χ0n) is 20.7. The molecule has 0 aliphatic carbocycles. The smallest absolute Gasteiger partial charge is 0.230 e. The van der Waals surface area contributed by atoms with Gasteiger partial charge in [0.05, 0.1) is 12.5 Å². The highest BCUT2D eigenvalue weighted by Gasteiger charge is 2.41. The van der Waals surface area contributed by atoms with Crippen LogP contribution in [0.1, 0.15) is 93.0 Å². The molecule has 1 saturated heterocycles. The van der Waals surface area contributed by atoms with Gasteiger partial charge in [0.15, 0.2) is 5.78 Å². The van der Waals surface area contributed by atoms with Gasteiger partial charge < -0.3 is 4.90 Å². The van der Waals surface area contributed by atoms with Gasteiger partial charge in [-0.05, 0) is 53.4 Å². The van der Waals surface area contributed by atoms with Gasteiger partial charge in [-0.2, -0.15) is 0 Å². The summed E-state index contributed by atoms with van der Waals surface area (Å²) in [6.07, 6.45) is 2.45. The maximum Gasteiger partial charge on any atom is 0.230 e. The fourth-order valence-electron chi connectivity index (χ4n) is 5.21. The normalized spacial score (nSPS) is 18.8. The van der Waals surface area contributed by atoms with E-state index in [0.717, 1.165) is 24.0 Å². The average Bonchev–Trinajstić information content (AvgIpc) is 3.03. The molecule has 1 aliphatic rings. The van der Waals surface area contributed by atoms with E-state index in [1.165, 1.54) is 16.7 Å². The molecule has 3 rings (SSSR count). The van der Waals surface area contributed by atoms with Crippen molar-refractivity contribution in [3.8, 4) is 0 Å². The van der Waals surface area contributed by atoms with Gasteiger partial charge in [-0.3, -0.25) is 9.59 Å². The summed E-state index contributed by atoms with van der Waals surface area (Å²) in [5.41, 5.74) is 5.94. The van der Waals surface area contributed by atoms with Crippen molar-refractivity contribution >= 4 is 11.7 Å². The lowest BCUT2D eigenvalue weighted by Crippen LogP contribution is -2.33. The summed E-state index contributed by atoms with van der Waals surface area (Å²) in [6.45, 7) is 13.8. The SMILES string of the molecule is CCCC1CN(CC(=O)Cc2c(C(C)C)cccc2C(C)C)C(=O)C1c1ccc(C)cc1. The van der Waals surface area contributed by atoms with E-state index in [1.807, 2.05) is 4.90 Å². The number of amides is 1. The molecule has 1 fully saturated rings. The molecule has 3 heteroatoms. The van der Waals surface area contributed by atoms with E-state index in [4.69, 9.17) is 0 Å². The van der Waals surface area contributed by atoms with Crippen molar-refractivity contribution < 1.29 is 9.59 Å². The summed E-state index contributed by atoms with van der Waals surface area (Å²) in [5.74, 6) is 1.12. The minimum absolute atomic E-state index is 0.113. The van der Waals surface area contributed by atoms with Gasteiger partial charge in [0.25, 0.3) is 0 Å². The van der Waals surface area contributed by atoms with Gasteiger partial charge in [-0.15, -0.1) is 0 Å². The van der Waals surface area contributed by atoms with Crippen molar-refractivity contribution in [2.75, 3.05) is 13.1 Å². The molecule has 0 radical (unpaired) electrons. The number of nitrogens with zero attached hydrogens (tertiary/aromatic N) is 1. The first kappa shape index (κ1) is 24.2. The first-order chi connectivity index (χ1) is 15.2. The molecular weight excluding hydrogens is 394 g/mol. The summed E-state index contributed by atoms with van der Waals surface area (Å²) in [4.78, 5) is 28.4. The zero-order chi connectivity index (χ0) is 23.4. The Morgan fingerprint density at radius 1 is 1.00 bits per heavy atom. The Balaban J connectivity index is 1.80. The van der Waals surface area contributed by atoms with Gasteiger partial charge in [0.1, 0.15) is 0 Å². The molecule has 2 aromatic rings. The zero-order valence-corrected chi connectivity index (χ0v) is 20.7. The van der Waals surface area contributed by atoms with Gasteiger partial charge in [-0.1, -0.05) is 89.1 Å². The maximum atomic E-state index is 13.4. The number of hydrogen-bond acceptors (Lipinski definition) is 2. The number of Topliss-reactive ketones (excluding diaryl/α,β-unsaturated/α-hetero) is 1. The monoisotopic (exact) mass is 433 g/mol.